The highest BCUT2D eigenvalue weighted by Crippen LogP contribution is 2.32. The lowest BCUT2D eigenvalue weighted by Gasteiger charge is -2.38. The topological polar surface area (TPSA) is 49.8 Å². The number of piperidine rings is 1. The quantitative estimate of drug-likeness (QED) is 0.911. The van der Waals surface area contributed by atoms with Crippen molar-refractivity contribution in [2.24, 2.45) is 5.92 Å². The molecule has 1 amide bonds. The standard InChI is InChI=1S/C17H25NO3/c1-17(2,3)21-16(20)18-10-9-14(12-19)15(11-18)13-7-5-4-6-8-13/h4-8,14-15,19H,9-12H2,1-3H3. The minimum absolute atomic E-state index is 0.154. The minimum atomic E-state index is -0.479. The van der Waals surface area contributed by atoms with Crippen LogP contribution in [0.1, 0.15) is 38.7 Å². The van der Waals surface area contributed by atoms with Crippen molar-refractivity contribution in [1.82, 2.24) is 4.90 Å². The summed E-state index contributed by atoms with van der Waals surface area (Å²) in [5, 5.41) is 9.60. The predicted octanol–water partition coefficient (Wildman–Crippen LogP) is 3.02. The van der Waals surface area contributed by atoms with Crippen LogP contribution in [0.5, 0.6) is 0 Å². The summed E-state index contributed by atoms with van der Waals surface area (Å²) in [6.07, 6.45) is 0.537. The van der Waals surface area contributed by atoms with E-state index in [4.69, 9.17) is 4.74 Å². The zero-order valence-electron chi connectivity index (χ0n) is 13.1. The smallest absolute Gasteiger partial charge is 0.410 e. The number of benzene rings is 1. The Morgan fingerprint density at radius 1 is 1.33 bits per heavy atom. The van der Waals surface area contributed by atoms with Crippen LogP contribution in [0, 0.1) is 5.92 Å². The zero-order valence-corrected chi connectivity index (χ0v) is 13.1. The lowest BCUT2D eigenvalue weighted by molar-refractivity contribution is 0.0122. The molecule has 0 aliphatic carbocycles. The second kappa shape index (κ2) is 6.48. The van der Waals surface area contributed by atoms with E-state index in [0.29, 0.717) is 13.1 Å². The van der Waals surface area contributed by atoms with Crippen molar-refractivity contribution in [3.05, 3.63) is 35.9 Å². The lowest BCUT2D eigenvalue weighted by atomic mass is 9.81. The van der Waals surface area contributed by atoms with Crippen molar-refractivity contribution in [2.75, 3.05) is 19.7 Å². The van der Waals surface area contributed by atoms with Crippen LogP contribution >= 0.6 is 0 Å². The second-order valence-corrected chi connectivity index (χ2v) is 6.67. The summed E-state index contributed by atoms with van der Waals surface area (Å²) in [4.78, 5) is 14.0. The molecule has 2 rings (SSSR count). The third-order valence-electron chi connectivity index (χ3n) is 3.87. The molecule has 1 aliphatic rings. The summed E-state index contributed by atoms with van der Waals surface area (Å²) in [7, 11) is 0. The van der Waals surface area contributed by atoms with Crippen molar-refractivity contribution in [1.29, 1.82) is 0 Å². The van der Waals surface area contributed by atoms with Gasteiger partial charge in [0.25, 0.3) is 0 Å². The molecule has 1 fully saturated rings. The van der Waals surface area contributed by atoms with E-state index in [2.05, 4.69) is 12.1 Å². The summed E-state index contributed by atoms with van der Waals surface area (Å²) in [5.41, 5.74) is 0.692. The van der Waals surface area contributed by atoms with Gasteiger partial charge in [-0.1, -0.05) is 30.3 Å². The van der Waals surface area contributed by atoms with Crippen LogP contribution in [0.25, 0.3) is 0 Å². The van der Waals surface area contributed by atoms with Crippen molar-refractivity contribution in [3.8, 4) is 0 Å². The van der Waals surface area contributed by atoms with Gasteiger partial charge in [-0.25, -0.2) is 4.79 Å². The van der Waals surface area contributed by atoms with E-state index in [9.17, 15) is 9.90 Å². The number of hydrogen-bond acceptors (Lipinski definition) is 3. The van der Waals surface area contributed by atoms with Gasteiger partial charge in [-0.05, 0) is 38.7 Å². The molecule has 1 N–H and O–H groups in total. The third-order valence-corrected chi connectivity index (χ3v) is 3.87. The van der Waals surface area contributed by atoms with Gasteiger partial charge >= 0.3 is 6.09 Å². The average Bonchev–Trinajstić information content (AvgIpc) is 2.45. The van der Waals surface area contributed by atoms with Gasteiger partial charge in [-0.2, -0.15) is 0 Å². The molecule has 0 spiro atoms. The molecule has 0 radical (unpaired) electrons. The maximum absolute atomic E-state index is 12.2. The van der Waals surface area contributed by atoms with Gasteiger partial charge in [0.1, 0.15) is 5.60 Å². The minimum Gasteiger partial charge on any atom is -0.444 e. The molecule has 0 aromatic heterocycles. The maximum atomic E-state index is 12.2. The Hall–Kier alpha value is -1.55. The molecule has 0 saturated carbocycles. The van der Waals surface area contributed by atoms with E-state index in [1.807, 2.05) is 39.0 Å². The van der Waals surface area contributed by atoms with Crippen molar-refractivity contribution >= 4 is 6.09 Å². The highest BCUT2D eigenvalue weighted by molar-refractivity contribution is 5.68. The molecular weight excluding hydrogens is 266 g/mol. The van der Waals surface area contributed by atoms with Crippen LogP contribution in [-0.4, -0.2) is 41.4 Å². The number of hydrogen-bond donors (Lipinski definition) is 1. The highest BCUT2D eigenvalue weighted by atomic mass is 16.6. The Bertz CT molecular complexity index is 467. The summed E-state index contributed by atoms with van der Waals surface area (Å²) in [5.74, 6) is 0.364. The maximum Gasteiger partial charge on any atom is 0.410 e. The molecule has 2 unspecified atom stereocenters. The molecule has 116 valence electrons. The number of amides is 1. The number of carbonyl (C=O) groups is 1. The number of carbonyl (C=O) groups excluding carboxylic acids is 1. The molecule has 4 nitrogen and oxygen atoms in total. The normalized spacial score (nSPS) is 23.0. The fraction of sp³-hybridized carbons (Fsp3) is 0.588. The van der Waals surface area contributed by atoms with Gasteiger partial charge in [-0.3, -0.25) is 0 Å². The monoisotopic (exact) mass is 291 g/mol. The predicted molar refractivity (Wildman–Crippen MR) is 82.2 cm³/mol. The number of likely N-dealkylation sites (tertiary alicyclic amines) is 1. The van der Waals surface area contributed by atoms with Crippen LogP contribution in [0.3, 0.4) is 0 Å². The Morgan fingerprint density at radius 3 is 2.57 bits per heavy atom. The molecule has 21 heavy (non-hydrogen) atoms. The van der Waals surface area contributed by atoms with E-state index in [1.54, 1.807) is 4.90 Å². The number of aliphatic hydroxyl groups is 1. The van der Waals surface area contributed by atoms with Gasteiger partial charge in [0.05, 0.1) is 0 Å². The first-order valence-electron chi connectivity index (χ1n) is 7.54. The Kier molecular flexibility index (Phi) is 4.88. The van der Waals surface area contributed by atoms with E-state index >= 15 is 0 Å². The first-order chi connectivity index (χ1) is 9.90. The first-order valence-corrected chi connectivity index (χ1v) is 7.54. The third kappa shape index (κ3) is 4.21. The van der Waals surface area contributed by atoms with Crippen molar-refractivity contribution < 1.29 is 14.6 Å². The second-order valence-electron chi connectivity index (χ2n) is 6.67. The Labute approximate surface area is 126 Å². The summed E-state index contributed by atoms with van der Waals surface area (Å²) in [6, 6.07) is 10.1. The molecule has 1 aliphatic heterocycles. The zero-order chi connectivity index (χ0) is 15.5. The molecule has 1 aromatic carbocycles. The average molecular weight is 291 g/mol. The van der Waals surface area contributed by atoms with E-state index in [0.717, 1.165) is 6.42 Å². The van der Waals surface area contributed by atoms with Crippen LogP contribution < -0.4 is 0 Å². The Balaban J connectivity index is 2.10. The number of rotatable bonds is 2. The van der Waals surface area contributed by atoms with Gasteiger partial charge in [0.15, 0.2) is 0 Å². The summed E-state index contributed by atoms with van der Waals surface area (Å²) in [6.45, 7) is 7.02. The molecule has 4 heteroatoms. The van der Waals surface area contributed by atoms with Gasteiger partial charge < -0.3 is 14.7 Å². The van der Waals surface area contributed by atoms with Gasteiger partial charge in [0.2, 0.25) is 0 Å². The number of ether oxygens (including phenoxy) is 1. The molecule has 2 atom stereocenters. The molecule has 1 heterocycles. The van der Waals surface area contributed by atoms with E-state index in [1.165, 1.54) is 5.56 Å². The van der Waals surface area contributed by atoms with Crippen LogP contribution in [-0.2, 0) is 4.74 Å². The van der Waals surface area contributed by atoms with E-state index in [-0.39, 0.29) is 24.5 Å². The van der Waals surface area contributed by atoms with Crippen LogP contribution in [0.15, 0.2) is 30.3 Å². The highest BCUT2D eigenvalue weighted by Gasteiger charge is 2.33. The fourth-order valence-electron chi connectivity index (χ4n) is 2.79. The summed E-state index contributed by atoms with van der Waals surface area (Å²) >= 11 is 0. The van der Waals surface area contributed by atoms with Gasteiger partial charge in [0, 0.05) is 25.6 Å². The molecule has 0 bridgehead atoms. The number of nitrogens with zero attached hydrogens (tertiary/aromatic N) is 1. The molecule has 1 saturated heterocycles. The van der Waals surface area contributed by atoms with Crippen LogP contribution in [0.2, 0.25) is 0 Å². The SMILES string of the molecule is CC(C)(C)OC(=O)N1CCC(CO)C(c2ccccc2)C1. The largest absolute Gasteiger partial charge is 0.444 e. The molecule has 1 aromatic rings. The van der Waals surface area contributed by atoms with Crippen molar-refractivity contribution in [3.63, 3.8) is 0 Å². The van der Waals surface area contributed by atoms with Crippen molar-refractivity contribution in [2.45, 2.75) is 38.7 Å². The first kappa shape index (κ1) is 15.8. The summed E-state index contributed by atoms with van der Waals surface area (Å²) < 4.78 is 5.45. The van der Waals surface area contributed by atoms with E-state index < -0.39 is 5.60 Å². The molecular formula is C17H25NO3. The van der Waals surface area contributed by atoms with Crippen LogP contribution in [0.4, 0.5) is 4.79 Å². The number of aliphatic hydroxyl groups excluding tert-OH is 1. The fourth-order valence-corrected chi connectivity index (χ4v) is 2.79. The van der Waals surface area contributed by atoms with Gasteiger partial charge in [-0.15, -0.1) is 0 Å². The Morgan fingerprint density at radius 2 is 2.00 bits per heavy atom. The lowest BCUT2D eigenvalue weighted by Crippen LogP contribution is -2.45.